The minimum atomic E-state index is 0.0879. The first-order valence-electron chi connectivity index (χ1n) is 8.64. The molecular formula is C20H24N4O2. The molecule has 0 fully saturated rings. The van der Waals surface area contributed by atoms with Gasteiger partial charge in [-0.05, 0) is 31.5 Å². The van der Waals surface area contributed by atoms with Gasteiger partial charge in [-0.3, -0.25) is 4.57 Å². The Morgan fingerprint density at radius 1 is 1.15 bits per heavy atom. The van der Waals surface area contributed by atoms with Gasteiger partial charge in [-0.2, -0.15) is 0 Å². The Labute approximate surface area is 153 Å². The molecule has 0 saturated carbocycles. The summed E-state index contributed by atoms with van der Waals surface area (Å²) in [5, 5.41) is 3.44. The second-order valence-electron chi connectivity index (χ2n) is 6.21. The van der Waals surface area contributed by atoms with E-state index in [1.807, 2.05) is 55.1 Å². The molecule has 26 heavy (non-hydrogen) atoms. The second kappa shape index (κ2) is 8.49. The van der Waals surface area contributed by atoms with Crippen LogP contribution >= 0.6 is 0 Å². The molecule has 0 saturated heterocycles. The van der Waals surface area contributed by atoms with Crippen molar-refractivity contribution in [3.05, 3.63) is 66.4 Å². The Balaban J connectivity index is 1.63. The summed E-state index contributed by atoms with van der Waals surface area (Å²) in [6.07, 6.45) is 7.31. The van der Waals surface area contributed by atoms with E-state index in [4.69, 9.17) is 9.47 Å². The van der Waals surface area contributed by atoms with Crippen molar-refractivity contribution in [2.24, 2.45) is 0 Å². The fourth-order valence-electron chi connectivity index (χ4n) is 2.64. The number of nitrogens with zero attached hydrogens (tertiary/aromatic N) is 3. The standard InChI is InChI=1S/C20H24N4O2/c1-15(2)26-20-17(5-4-6-18(20)25-3)13-22-11-16-7-8-19(23-12-16)24-10-9-21-14-24/h4-10,12,14-15,22H,11,13H2,1-3H3. The van der Waals surface area contributed by atoms with E-state index in [0.717, 1.165) is 35.0 Å². The van der Waals surface area contributed by atoms with Gasteiger partial charge in [0.25, 0.3) is 0 Å². The normalized spacial score (nSPS) is 10.9. The average Bonchev–Trinajstić information content (AvgIpc) is 3.18. The SMILES string of the molecule is COc1cccc(CNCc2ccc(-n3ccnc3)nc2)c1OC(C)C. The fourth-order valence-corrected chi connectivity index (χ4v) is 2.64. The summed E-state index contributed by atoms with van der Waals surface area (Å²) in [6.45, 7) is 5.42. The molecule has 136 valence electrons. The molecule has 0 bridgehead atoms. The zero-order valence-electron chi connectivity index (χ0n) is 15.3. The minimum absolute atomic E-state index is 0.0879. The number of para-hydroxylation sites is 1. The summed E-state index contributed by atoms with van der Waals surface area (Å²) in [7, 11) is 1.66. The van der Waals surface area contributed by atoms with Crippen molar-refractivity contribution < 1.29 is 9.47 Å². The summed E-state index contributed by atoms with van der Waals surface area (Å²) in [5.74, 6) is 2.40. The Morgan fingerprint density at radius 3 is 2.69 bits per heavy atom. The van der Waals surface area contributed by atoms with Gasteiger partial charge < -0.3 is 14.8 Å². The molecule has 0 atom stereocenters. The maximum absolute atomic E-state index is 5.94. The van der Waals surface area contributed by atoms with Crippen LogP contribution in [0.25, 0.3) is 5.82 Å². The van der Waals surface area contributed by atoms with Gasteiger partial charge in [0.1, 0.15) is 12.1 Å². The lowest BCUT2D eigenvalue weighted by Crippen LogP contribution is -2.16. The molecule has 2 heterocycles. The molecule has 3 aromatic rings. The third kappa shape index (κ3) is 4.40. The first-order chi connectivity index (χ1) is 12.7. The minimum Gasteiger partial charge on any atom is -0.493 e. The van der Waals surface area contributed by atoms with Gasteiger partial charge in [0.15, 0.2) is 11.5 Å². The van der Waals surface area contributed by atoms with E-state index >= 15 is 0 Å². The van der Waals surface area contributed by atoms with Crippen LogP contribution in [0.1, 0.15) is 25.0 Å². The summed E-state index contributed by atoms with van der Waals surface area (Å²) < 4.78 is 13.2. The summed E-state index contributed by atoms with van der Waals surface area (Å²) in [5.41, 5.74) is 2.18. The van der Waals surface area contributed by atoms with Gasteiger partial charge >= 0.3 is 0 Å². The number of methoxy groups -OCH3 is 1. The van der Waals surface area contributed by atoms with Crippen LogP contribution in [0.4, 0.5) is 0 Å². The first kappa shape index (κ1) is 17.9. The van der Waals surface area contributed by atoms with Gasteiger partial charge in [-0.15, -0.1) is 0 Å². The number of rotatable bonds is 8. The van der Waals surface area contributed by atoms with Gasteiger partial charge in [0.2, 0.25) is 0 Å². The Morgan fingerprint density at radius 2 is 2.04 bits per heavy atom. The van der Waals surface area contributed by atoms with E-state index < -0.39 is 0 Å². The van der Waals surface area contributed by atoms with E-state index in [2.05, 4.69) is 21.4 Å². The molecular weight excluding hydrogens is 328 g/mol. The van der Waals surface area contributed by atoms with E-state index in [1.54, 1.807) is 19.6 Å². The molecule has 0 spiro atoms. The predicted molar refractivity (Wildman–Crippen MR) is 101 cm³/mol. The van der Waals surface area contributed by atoms with Crippen LogP contribution < -0.4 is 14.8 Å². The lowest BCUT2D eigenvalue weighted by atomic mass is 10.1. The Kier molecular flexibility index (Phi) is 5.86. The summed E-state index contributed by atoms with van der Waals surface area (Å²) in [6, 6.07) is 9.99. The van der Waals surface area contributed by atoms with Crippen molar-refractivity contribution in [3.8, 4) is 17.3 Å². The van der Waals surface area contributed by atoms with Crippen molar-refractivity contribution in [3.63, 3.8) is 0 Å². The molecule has 0 aliphatic rings. The van der Waals surface area contributed by atoms with Crippen LogP contribution in [0.15, 0.2) is 55.2 Å². The fraction of sp³-hybridized carbons (Fsp3) is 0.300. The number of nitrogens with one attached hydrogen (secondary N) is 1. The molecule has 2 aromatic heterocycles. The van der Waals surface area contributed by atoms with Crippen molar-refractivity contribution in [2.45, 2.75) is 33.0 Å². The zero-order valence-corrected chi connectivity index (χ0v) is 15.3. The second-order valence-corrected chi connectivity index (χ2v) is 6.21. The quantitative estimate of drug-likeness (QED) is 0.674. The molecule has 0 unspecified atom stereocenters. The van der Waals surface area contributed by atoms with Crippen LogP contribution in [0.2, 0.25) is 0 Å². The van der Waals surface area contributed by atoms with Crippen LogP contribution in [0.3, 0.4) is 0 Å². The Hall–Kier alpha value is -2.86. The number of hydrogen-bond donors (Lipinski definition) is 1. The van der Waals surface area contributed by atoms with Gasteiger partial charge in [0.05, 0.1) is 13.2 Å². The monoisotopic (exact) mass is 352 g/mol. The number of aromatic nitrogens is 3. The highest BCUT2D eigenvalue weighted by Gasteiger charge is 2.12. The highest BCUT2D eigenvalue weighted by Crippen LogP contribution is 2.31. The zero-order chi connectivity index (χ0) is 18.4. The first-order valence-corrected chi connectivity index (χ1v) is 8.64. The van der Waals surface area contributed by atoms with E-state index in [1.165, 1.54) is 0 Å². The number of imidazole rings is 1. The molecule has 0 amide bonds. The number of benzene rings is 1. The van der Waals surface area contributed by atoms with Crippen LogP contribution in [-0.2, 0) is 13.1 Å². The van der Waals surface area contributed by atoms with E-state index in [0.29, 0.717) is 6.54 Å². The Bertz CT molecular complexity index is 814. The third-order valence-electron chi connectivity index (χ3n) is 3.86. The molecule has 6 heteroatoms. The molecule has 0 aliphatic heterocycles. The lowest BCUT2D eigenvalue weighted by Gasteiger charge is -2.17. The molecule has 1 aromatic carbocycles. The van der Waals surface area contributed by atoms with Gasteiger partial charge in [0, 0.05) is 37.2 Å². The van der Waals surface area contributed by atoms with Crippen molar-refractivity contribution in [2.75, 3.05) is 7.11 Å². The van der Waals surface area contributed by atoms with Crippen LogP contribution in [-0.4, -0.2) is 27.7 Å². The molecule has 6 nitrogen and oxygen atoms in total. The lowest BCUT2D eigenvalue weighted by molar-refractivity contribution is 0.227. The topological polar surface area (TPSA) is 61.2 Å². The van der Waals surface area contributed by atoms with E-state index in [9.17, 15) is 0 Å². The van der Waals surface area contributed by atoms with Gasteiger partial charge in [-0.1, -0.05) is 18.2 Å². The molecule has 1 N–H and O–H groups in total. The van der Waals surface area contributed by atoms with E-state index in [-0.39, 0.29) is 6.10 Å². The van der Waals surface area contributed by atoms with Crippen LogP contribution in [0.5, 0.6) is 11.5 Å². The highest BCUT2D eigenvalue weighted by atomic mass is 16.5. The number of ether oxygens (including phenoxy) is 2. The third-order valence-corrected chi connectivity index (χ3v) is 3.86. The molecule has 0 radical (unpaired) electrons. The van der Waals surface area contributed by atoms with Gasteiger partial charge in [-0.25, -0.2) is 9.97 Å². The van der Waals surface area contributed by atoms with Crippen LogP contribution in [0, 0.1) is 0 Å². The number of hydrogen-bond acceptors (Lipinski definition) is 5. The summed E-state index contributed by atoms with van der Waals surface area (Å²) >= 11 is 0. The largest absolute Gasteiger partial charge is 0.493 e. The highest BCUT2D eigenvalue weighted by molar-refractivity contribution is 5.46. The smallest absolute Gasteiger partial charge is 0.166 e. The maximum Gasteiger partial charge on any atom is 0.166 e. The molecule has 3 rings (SSSR count). The maximum atomic E-state index is 5.94. The van der Waals surface area contributed by atoms with Crippen molar-refractivity contribution in [1.29, 1.82) is 0 Å². The van der Waals surface area contributed by atoms with Crippen molar-refractivity contribution in [1.82, 2.24) is 19.9 Å². The van der Waals surface area contributed by atoms with Crippen molar-refractivity contribution >= 4 is 0 Å². The summed E-state index contributed by atoms with van der Waals surface area (Å²) in [4.78, 5) is 8.50. The predicted octanol–water partition coefficient (Wildman–Crippen LogP) is 3.35. The molecule has 0 aliphatic carbocycles. The average molecular weight is 352 g/mol. The number of pyridine rings is 1.